The zero-order valence-electron chi connectivity index (χ0n) is 15.1. The standard InChI is InChI=1S/C18H24N2O4S/c1-12(21)24-25(22,23)14-7-8-16-15(9-14)19-17(10-18(2,3)4)20(16)11-13-5-6-13/h7-9,13H,5-6,10-11H2,1-4H3. The van der Waals surface area contributed by atoms with Gasteiger partial charge in [-0.3, -0.25) is 4.79 Å². The Morgan fingerprint density at radius 1 is 1.32 bits per heavy atom. The van der Waals surface area contributed by atoms with Gasteiger partial charge in [0, 0.05) is 19.9 Å². The quantitative estimate of drug-likeness (QED) is 0.761. The molecule has 0 bridgehead atoms. The number of carbonyl (C=O) groups excluding carboxylic acids is 1. The first-order valence-electron chi connectivity index (χ1n) is 8.49. The molecule has 1 aromatic heterocycles. The highest BCUT2D eigenvalue weighted by atomic mass is 32.2. The molecule has 7 heteroatoms. The van der Waals surface area contributed by atoms with Gasteiger partial charge < -0.3 is 8.75 Å². The van der Waals surface area contributed by atoms with Crippen molar-refractivity contribution >= 4 is 27.1 Å². The van der Waals surface area contributed by atoms with E-state index in [9.17, 15) is 13.2 Å². The number of imidazole rings is 1. The third-order valence-electron chi connectivity index (χ3n) is 4.14. The molecule has 0 saturated heterocycles. The highest BCUT2D eigenvalue weighted by Crippen LogP contribution is 2.34. The number of benzene rings is 1. The molecule has 0 amide bonds. The average molecular weight is 364 g/mol. The second kappa shape index (κ2) is 6.12. The molecule has 1 fully saturated rings. The zero-order valence-corrected chi connectivity index (χ0v) is 15.9. The van der Waals surface area contributed by atoms with Gasteiger partial charge in [-0.05, 0) is 42.4 Å². The fourth-order valence-corrected chi connectivity index (χ4v) is 3.79. The molecular weight excluding hydrogens is 340 g/mol. The lowest BCUT2D eigenvalue weighted by Crippen LogP contribution is -2.15. The molecule has 1 aromatic carbocycles. The second-order valence-corrected chi connectivity index (χ2v) is 9.55. The summed E-state index contributed by atoms with van der Waals surface area (Å²) in [7, 11) is -4.10. The van der Waals surface area contributed by atoms with Crippen LogP contribution in [0.4, 0.5) is 0 Å². The Bertz CT molecular complexity index is 918. The number of carbonyl (C=O) groups is 1. The van der Waals surface area contributed by atoms with E-state index >= 15 is 0 Å². The maximum Gasteiger partial charge on any atom is 0.341 e. The van der Waals surface area contributed by atoms with Gasteiger partial charge in [0.15, 0.2) is 0 Å². The van der Waals surface area contributed by atoms with Gasteiger partial charge in [-0.25, -0.2) is 4.98 Å². The average Bonchev–Trinajstić information content (AvgIpc) is 3.19. The number of fused-ring (bicyclic) bond motifs is 1. The van der Waals surface area contributed by atoms with Crippen molar-refractivity contribution in [2.24, 2.45) is 11.3 Å². The first kappa shape index (κ1) is 17.9. The first-order chi connectivity index (χ1) is 11.5. The maximum absolute atomic E-state index is 12.1. The molecule has 0 N–H and O–H groups in total. The van der Waals surface area contributed by atoms with Crippen LogP contribution in [0.1, 0.15) is 46.4 Å². The third kappa shape index (κ3) is 4.21. The minimum Gasteiger partial charge on any atom is -0.343 e. The van der Waals surface area contributed by atoms with Crippen molar-refractivity contribution in [1.82, 2.24) is 9.55 Å². The summed E-state index contributed by atoms with van der Waals surface area (Å²) in [5.74, 6) is 0.796. The summed E-state index contributed by atoms with van der Waals surface area (Å²) < 4.78 is 30.9. The molecule has 6 nitrogen and oxygen atoms in total. The van der Waals surface area contributed by atoms with Crippen LogP contribution < -0.4 is 0 Å². The van der Waals surface area contributed by atoms with Crippen molar-refractivity contribution in [3.05, 3.63) is 24.0 Å². The summed E-state index contributed by atoms with van der Waals surface area (Å²) >= 11 is 0. The highest BCUT2D eigenvalue weighted by molar-refractivity contribution is 7.87. The van der Waals surface area contributed by atoms with Crippen LogP contribution >= 0.6 is 0 Å². The Morgan fingerprint density at radius 2 is 2.00 bits per heavy atom. The lowest BCUT2D eigenvalue weighted by Gasteiger charge is -2.18. The fourth-order valence-electron chi connectivity index (χ4n) is 2.89. The van der Waals surface area contributed by atoms with E-state index in [1.165, 1.54) is 25.0 Å². The van der Waals surface area contributed by atoms with E-state index in [1.807, 2.05) is 0 Å². The van der Waals surface area contributed by atoms with E-state index in [0.717, 1.165) is 31.2 Å². The molecule has 0 unspecified atom stereocenters. The van der Waals surface area contributed by atoms with Crippen LogP contribution in [0.5, 0.6) is 0 Å². The van der Waals surface area contributed by atoms with E-state index < -0.39 is 16.1 Å². The molecule has 0 radical (unpaired) electrons. The molecule has 1 heterocycles. The van der Waals surface area contributed by atoms with Gasteiger partial charge in [0.2, 0.25) is 0 Å². The maximum atomic E-state index is 12.1. The third-order valence-corrected chi connectivity index (χ3v) is 5.43. The van der Waals surface area contributed by atoms with E-state index in [2.05, 4.69) is 29.5 Å². The summed E-state index contributed by atoms with van der Waals surface area (Å²) in [6, 6.07) is 4.73. The van der Waals surface area contributed by atoms with Crippen LogP contribution in [0.25, 0.3) is 11.0 Å². The molecule has 1 aliphatic rings. The van der Waals surface area contributed by atoms with Crippen LogP contribution in [0, 0.1) is 11.3 Å². The van der Waals surface area contributed by atoms with Gasteiger partial charge in [0.25, 0.3) is 0 Å². The van der Waals surface area contributed by atoms with E-state index in [1.54, 1.807) is 6.07 Å². The van der Waals surface area contributed by atoms with Crippen LogP contribution in [0.15, 0.2) is 23.1 Å². The molecule has 0 aliphatic heterocycles. The Kier molecular flexibility index (Phi) is 4.39. The Hall–Kier alpha value is -1.89. The van der Waals surface area contributed by atoms with Crippen molar-refractivity contribution in [2.75, 3.05) is 0 Å². The molecular formula is C18H24N2O4S. The molecule has 3 rings (SSSR count). The molecule has 2 aromatic rings. The zero-order chi connectivity index (χ0) is 18.4. The van der Waals surface area contributed by atoms with Crippen molar-refractivity contribution in [1.29, 1.82) is 0 Å². The summed E-state index contributed by atoms with van der Waals surface area (Å²) in [6.07, 6.45) is 3.27. The second-order valence-electron chi connectivity index (χ2n) is 8.00. The molecule has 0 atom stereocenters. The first-order valence-corrected chi connectivity index (χ1v) is 9.90. The minimum absolute atomic E-state index is 0.0476. The van der Waals surface area contributed by atoms with Gasteiger partial charge in [0.1, 0.15) is 10.7 Å². The lowest BCUT2D eigenvalue weighted by molar-refractivity contribution is -0.131. The Morgan fingerprint density at radius 3 is 2.56 bits per heavy atom. The number of aromatic nitrogens is 2. The van der Waals surface area contributed by atoms with E-state index in [-0.39, 0.29) is 10.3 Å². The van der Waals surface area contributed by atoms with Crippen molar-refractivity contribution in [2.45, 2.75) is 58.4 Å². The largest absolute Gasteiger partial charge is 0.343 e. The van der Waals surface area contributed by atoms with Gasteiger partial charge in [-0.15, -0.1) is 0 Å². The van der Waals surface area contributed by atoms with Gasteiger partial charge in [-0.2, -0.15) is 8.42 Å². The summed E-state index contributed by atoms with van der Waals surface area (Å²) in [4.78, 5) is 15.7. The van der Waals surface area contributed by atoms with Crippen molar-refractivity contribution < 1.29 is 17.4 Å². The Balaban J connectivity index is 2.06. The molecule has 25 heavy (non-hydrogen) atoms. The van der Waals surface area contributed by atoms with Crippen LogP contribution in [-0.4, -0.2) is 23.9 Å². The molecule has 1 saturated carbocycles. The van der Waals surface area contributed by atoms with Crippen molar-refractivity contribution in [3.8, 4) is 0 Å². The smallest absolute Gasteiger partial charge is 0.341 e. The number of hydrogen-bond donors (Lipinski definition) is 0. The van der Waals surface area contributed by atoms with Crippen LogP contribution in [-0.2, 0) is 32.1 Å². The predicted octanol–water partition coefficient (Wildman–Crippen LogP) is 3.29. The lowest BCUT2D eigenvalue weighted by atomic mass is 9.92. The summed E-state index contributed by atoms with van der Waals surface area (Å²) in [6.45, 7) is 8.46. The topological polar surface area (TPSA) is 78.3 Å². The summed E-state index contributed by atoms with van der Waals surface area (Å²) in [5, 5.41) is 0. The van der Waals surface area contributed by atoms with Crippen LogP contribution in [0.2, 0.25) is 0 Å². The van der Waals surface area contributed by atoms with Gasteiger partial charge in [-0.1, -0.05) is 20.8 Å². The molecule has 1 aliphatic carbocycles. The number of hydrogen-bond acceptors (Lipinski definition) is 5. The summed E-state index contributed by atoms with van der Waals surface area (Å²) in [5.41, 5.74) is 1.62. The van der Waals surface area contributed by atoms with Crippen molar-refractivity contribution in [3.63, 3.8) is 0 Å². The van der Waals surface area contributed by atoms with E-state index in [0.29, 0.717) is 11.4 Å². The monoisotopic (exact) mass is 364 g/mol. The normalized spacial score (nSPS) is 15.5. The molecule has 136 valence electrons. The SMILES string of the molecule is CC(=O)OS(=O)(=O)c1ccc2c(c1)nc(CC(C)(C)C)n2CC1CC1. The number of nitrogens with zero attached hydrogens (tertiary/aromatic N) is 2. The van der Waals surface area contributed by atoms with E-state index in [4.69, 9.17) is 4.98 Å². The number of rotatable bonds is 5. The van der Waals surface area contributed by atoms with Gasteiger partial charge >= 0.3 is 16.1 Å². The van der Waals surface area contributed by atoms with Gasteiger partial charge in [0.05, 0.1) is 11.0 Å². The Labute approximate surface area is 148 Å². The molecule has 0 spiro atoms. The minimum atomic E-state index is -4.10. The predicted molar refractivity (Wildman–Crippen MR) is 94.6 cm³/mol. The highest BCUT2D eigenvalue weighted by Gasteiger charge is 2.27. The fraction of sp³-hybridized carbons (Fsp3) is 0.556. The van der Waals surface area contributed by atoms with Crippen LogP contribution in [0.3, 0.4) is 0 Å².